The Morgan fingerprint density at radius 1 is 1.52 bits per heavy atom. The van der Waals surface area contributed by atoms with Gasteiger partial charge in [0.2, 0.25) is 0 Å². The molecule has 0 radical (unpaired) electrons. The van der Waals surface area contributed by atoms with E-state index in [9.17, 15) is 4.79 Å². The average molecular weight is 346 g/mol. The van der Waals surface area contributed by atoms with E-state index in [1.807, 2.05) is 14.0 Å². The molecular formula is C18H26N4O3. The second kappa shape index (κ2) is 6.63. The van der Waals surface area contributed by atoms with Crippen molar-refractivity contribution in [1.29, 1.82) is 0 Å². The van der Waals surface area contributed by atoms with Gasteiger partial charge in [0, 0.05) is 25.9 Å². The van der Waals surface area contributed by atoms with Gasteiger partial charge in [-0.1, -0.05) is 0 Å². The first-order chi connectivity index (χ1) is 11.8. The van der Waals surface area contributed by atoms with E-state index in [-0.39, 0.29) is 17.6 Å². The van der Waals surface area contributed by atoms with Crippen molar-refractivity contribution in [2.24, 2.45) is 7.05 Å². The van der Waals surface area contributed by atoms with Gasteiger partial charge in [0.25, 0.3) is 0 Å². The van der Waals surface area contributed by atoms with Crippen LogP contribution < -0.4 is 5.32 Å². The van der Waals surface area contributed by atoms with Crippen molar-refractivity contribution in [3.8, 4) is 0 Å². The molecule has 0 bridgehead atoms. The first-order valence-corrected chi connectivity index (χ1v) is 8.72. The molecule has 2 aromatic rings. The Balaban J connectivity index is 2.06. The largest absolute Gasteiger partial charge is 0.462 e. The monoisotopic (exact) mass is 346 g/mol. The van der Waals surface area contributed by atoms with E-state index < -0.39 is 0 Å². The summed E-state index contributed by atoms with van der Waals surface area (Å²) >= 11 is 0. The third kappa shape index (κ3) is 3.46. The Labute approximate surface area is 147 Å². The SMILES string of the molecule is CCOC(=O)c1cnc2c(c(C)nn2C)c1N[C@@H]1CCOC(C)(C)C1. The lowest BCUT2D eigenvalue weighted by molar-refractivity contribution is -0.0553. The summed E-state index contributed by atoms with van der Waals surface area (Å²) < 4.78 is 12.8. The molecule has 2 aromatic heterocycles. The molecule has 0 saturated carbocycles. The van der Waals surface area contributed by atoms with Crippen LogP contribution in [0.2, 0.25) is 0 Å². The fraction of sp³-hybridized carbons (Fsp3) is 0.611. The van der Waals surface area contributed by atoms with Gasteiger partial charge in [0.05, 0.1) is 29.0 Å². The molecule has 136 valence electrons. The standard InChI is InChI=1S/C18H26N4O3/c1-6-24-17(23)13-10-19-16-14(11(2)21-22(16)5)15(13)20-12-7-8-25-18(3,4)9-12/h10,12H,6-9H2,1-5H3,(H,19,20)/t12-/m1/s1. The lowest BCUT2D eigenvalue weighted by atomic mass is 9.93. The normalized spacial score (nSPS) is 19.8. The molecule has 1 saturated heterocycles. The molecule has 7 nitrogen and oxygen atoms in total. The quantitative estimate of drug-likeness (QED) is 0.858. The number of rotatable bonds is 4. The number of hydrogen-bond donors (Lipinski definition) is 1. The number of ether oxygens (including phenoxy) is 2. The number of nitrogens with zero attached hydrogens (tertiary/aromatic N) is 3. The Morgan fingerprint density at radius 3 is 2.96 bits per heavy atom. The predicted octanol–water partition coefficient (Wildman–Crippen LogP) is 2.82. The minimum absolute atomic E-state index is 0.184. The highest BCUT2D eigenvalue weighted by atomic mass is 16.5. The number of carbonyl (C=O) groups excluding carboxylic acids is 1. The number of fused-ring (bicyclic) bond motifs is 1. The van der Waals surface area contributed by atoms with Gasteiger partial charge in [-0.3, -0.25) is 4.68 Å². The summed E-state index contributed by atoms with van der Waals surface area (Å²) in [6, 6.07) is 0.210. The number of aryl methyl sites for hydroxylation is 2. The van der Waals surface area contributed by atoms with Crippen molar-refractivity contribution in [2.75, 3.05) is 18.5 Å². The van der Waals surface area contributed by atoms with E-state index in [1.165, 1.54) is 0 Å². The zero-order valence-corrected chi connectivity index (χ0v) is 15.5. The van der Waals surface area contributed by atoms with Crippen molar-refractivity contribution < 1.29 is 14.3 Å². The van der Waals surface area contributed by atoms with Crippen LogP contribution in [-0.4, -0.2) is 45.6 Å². The van der Waals surface area contributed by atoms with Gasteiger partial charge in [-0.25, -0.2) is 9.78 Å². The summed E-state index contributed by atoms with van der Waals surface area (Å²) in [5, 5.41) is 8.90. The van der Waals surface area contributed by atoms with Gasteiger partial charge in [0.15, 0.2) is 5.65 Å². The Kier molecular flexibility index (Phi) is 4.69. The molecule has 1 aliphatic rings. The number of pyridine rings is 1. The topological polar surface area (TPSA) is 78.3 Å². The van der Waals surface area contributed by atoms with Crippen molar-refractivity contribution in [2.45, 2.75) is 52.2 Å². The first-order valence-electron chi connectivity index (χ1n) is 8.72. The van der Waals surface area contributed by atoms with Crippen LogP contribution in [0.5, 0.6) is 0 Å². The highest BCUT2D eigenvalue weighted by Crippen LogP contribution is 2.33. The molecule has 1 fully saturated rings. The van der Waals surface area contributed by atoms with Gasteiger partial charge in [-0.05, 0) is 40.5 Å². The van der Waals surface area contributed by atoms with E-state index >= 15 is 0 Å². The van der Waals surface area contributed by atoms with Crippen molar-refractivity contribution in [3.05, 3.63) is 17.5 Å². The van der Waals surface area contributed by atoms with Crippen molar-refractivity contribution in [3.63, 3.8) is 0 Å². The molecule has 0 spiro atoms. The molecule has 25 heavy (non-hydrogen) atoms. The van der Waals surface area contributed by atoms with E-state index in [1.54, 1.807) is 17.8 Å². The number of esters is 1. The average Bonchev–Trinajstić information content (AvgIpc) is 2.82. The molecule has 1 atom stereocenters. The molecule has 1 aliphatic heterocycles. The van der Waals surface area contributed by atoms with Gasteiger partial charge >= 0.3 is 5.97 Å². The van der Waals surface area contributed by atoms with E-state index in [0.29, 0.717) is 18.8 Å². The lowest BCUT2D eigenvalue weighted by Gasteiger charge is -2.36. The minimum atomic E-state index is -0.367. The molecular weight excluding hydrogens is 320 g/mol. The summed E-state index contributed by atoms with van der Waals surface area (Å²) in [5.74, 6) is -0.367. The molecule has 0 amide bonds. The maximum atomic E-state index is 12.4. The zero-order chi connectivity index (χ0) is 18.2. The summed E-state index contributed by atoms with van der Waals surface area (Å²) in [4.78, 5) is 16.9. The maximum Gasteiger partial charge on any atom is 0.341 e. The molecule has 0 unspecified atom stereocenters. The molecule has 0 aromatic carbocycles. The third-order valence-electron chi connectivity index (χ3n) is 4.57. The fourth-order valence-corrected chi connectivity index (χ4v) is 3.48. The summed E-state index contributed by atoms with van der Waals surface area (Å²) in [7, 11) is 1.85. The van der Waals surface area contributed by atoms with Crippen LogP contribution in [0.25, 0.3) is 11.0 Å². The Hall–Kier alpha value is -2.15. The Morgan fingerprint density at radius 2 is 2.28 bits per heavy atom. The molecule has 1 N–H and O–H groups in total. The zero-order valence-electron chi connectivity index (χ0n) is 15.5. The van der Waals surface area contributed by atoms with E-state index in [2.05, 4.69) is 29.2 Å². The number of nitrogens with one attached hydrogen (secondary N) is 1. The molecule has 7 heteroatoms. The predicted molar refractivity (Wildman–Crippen MR) is 95.9 cm³/mol. The van der Waals surface area contributed by atoms with Crippen LogP contribution in [0.15, 0.2) is 6.20 Å². The Bertz CT molecular complexity index is 797. The molecule has 3 rings (SSSR count). The van der Waals surface area contributed by atoms with Crippen LogP contribution in [-0.2, 0) is 16.5 Å². The van der Waals surface area contributed by atoms with Gasteiger partial charge in [-0.2, -0.15) is 5.10 Å². The number of hydrogen-bond acceptors (Lipinski definition) is 6. The summed E-state index contributed by atoms with van der Waals surface area (Å²) in [6.45, 7) is 8.92. The summed E-state index contributed by atoms with van der Waals surface area (Å²) in [5.41, 5.74) is 2.62. The highest BCUT2D eigenvalue weighted by molar-refractivity contribution is 6.05. The van der Waals surface area contributed by atoms with Crippen molar-refractivity contribution >= 4 is 22.7 Å². The first kappa shape index (κ1) is 17.7. The second-order valence-electron chi connectivity index (χ2n) is 7.12. The van der Waals surface area contributed by atoms with Crippen molar-refractivity contribution in [1.82, 2.24) is 14.8 Å². The number of aromatic nitrogens is 3. The van der Waals surface area contributed by atoms with Gasteiger partial charge in [-0.15, -0.1) is 0 Å². The smallest absolute Gasteiger partial charge is 0.341 e. The second-order valence-corrected chi connectivity index (χ2v) is 7.12. The maximum absolute atomic E-state index is 12.4. The lowest BCUT2D eigenvalue weighted by Crippen LogP contribution is -2.40. The van der Waals surface area contributed by atoms with Crippen LogP contribution >= 0.6 is 0 Å². The van der Waals surface area contributed by atoms with Crippen LogP contribution in [0.1, 0.15) is 49.7 Å². The van der Waals surface area contributed by atoms with E-state index in [4.69, 9.17) is 9.47 Å². The fourth-order valence-electron chi connectivity index (χ4n) is 3.48. The molecule has 3 heterocycles. The van der Waals surface area contributed by atoms with Gasteiger partial charge in [0.1, 0.15) is 5.56 Å². The number of anilines is 1. The summed E-state index contributed by atoms with van der Waals surface area (Å²) in [6.07, 6.45) is 3.32. The van der Waals surface area contributed by atoms with Crippen LogP contribution in [0.4, 0.5) is 5.69 Å². The third-order valence-corrected chi connectivity index (χ3v) is 4.57. The number of carbonyl (C=O) groups is 1. The van der Waals surface area contributed by atoms with Crippen LogP contribution in [0.3, 0.4) is 0 Å². The molecule has 0 aliphatic carbocycles. The van der Waals surface area contributed by atoms with E-state index in [0.717, 1.165) is 35.3 Å². The highest BCUT2D eigenvalue weighted by Gasteiger charge is 2.30. The minimum Gasteiger partial charge on any atom is -0.462 e. The van der Waals surface area contributed by atoms with Gasteiger partial charge < -0.3 is 14.8 Å². The van der Waals surface area contributed by atoms with Crippen LogP contribution in [0, 0.1) is 6.92 Å².